The van der Waals surface area contributed by atoms with Crippen LogP contribution in [0.1, 0.15) is 136 Å². The van der Waals surface area contributed by atoms with Crippen LogP contribution in [-0.2, 0) is 12.8 Å². The molecule has 0 aliphatic rings. The molecule has 0 unspecified atom stereocenters. The number of carbonyl (C=O) groups is 2. The van der Waals surface area contributed by atoms with Gasteiger partial charge in [-0.05, 0) is 48.9 Å². The summed E-state index contributed by atoms with van der Waals surface area (Å²) in [5.41, 5.74) is 2.86. The fourth-order valence-corrected chi connectivity index (χ4v) is 4.44. The third kappa shape index (κ3) is 14.1. The molecule has 2 aromatic rings. The van der Waals surface area contributed by atoms with Gasteiger partial charge in [0.25, 0.3) is 0 Å². The average molecular weight is 497 g/mol. The predicted octanol–water partition coefficient (Wildman–Crippen LogP) is 9.36. The first-order valence-corrected chi connectivity index (χ1v) is 14.1. The first-order chi connectivity index (χ1) is 17.5. The lowest BCUT2D eigenvalue weighted by atomic mass is 10.0. The Morgan fingerprint density at radius 1 is 0.500 bits per heavy atom. The van der Waals surface area contributed by atoms with Crippen molar-refractivity contribution in [1.82, 2.24) is 0 Å². The summed E-state index contributed by atoms with van der Waals surface area (Å²) in [4.78, 5) is 22.1. The van der Waals surface area contributed by atoms with E-state index in [4.69, 9.17) is 10.2 Å². The summed E-state index contributed by atoms with van der Waals surface area (Å²) in [6, 6.07) is 14.7. The van der Waals surface area contributed by atoms with E-state index in [0.29, 0.717) is 11.1 Å². The molecule has 4 heteroatoms. The zero-order valence-electron chi connectivity index (χ0n) is 22.6. The van der Waals surface area contributed by atoms with Gasteiger partial charge in [-0.1, -0.05) is 127 Å². The van der Waals surface area contributed by atoms with Crippen molar-refractivity contribution in [2.24, 2.45) is 0 Å². The lowest BCUT2D eigenvalue weighted by Gasteiger charge is -2.05. The lowest BCUT2D eigenvalue weighted by molar-refractivity contribution is 0.0684. The van der Waals surface area contributed by atoms with Crippen LogP contribution < -0.4 is 0 Å². The molecule has 200 valence electrons. The predicted molar refractivity (Wildman–Crippen MR) is 150 cm³/mol. The molecule has 2 aromatic carbocycles. The van der Waals surface area contributed by atoms with E-state index in [9.17, 15) is 9.59 Å². The van der Waals surface area contributed by atoms with Crippen LogP contribution in [0.3, 0.4) is 0 Å². The normalized spacial score (nSPS) is 10.5. The third-order valence-corrected chi connectivity index (χ3v) is 6.59. The first-order valence-electron chi connectivity index (χ1n) is 14.1. The number of hydrogen-bond acceptors (Lipinski definition) is 2. The number of carboxylic acids is 2. The highest BCUT2D eigenvalue weighted by Gasteiger charge is 2.09. The summed E-state index contributed by atoms with van der Waals surface area (Å²) in [6.45, 7) is 4.45. The molecule has 0 saturated carbocycles. The number of rotatable bonds is 18. The molecule has 36 heavy (non-hydrogen) atoms. The number of benzene rings is 2. The van der Waals surface area contributed by atoms with Crippen molar-refractivity contribution in [2.75, 3.05) is 0 Å². The van der Waals surface area contributed by atoms with Crippen LogP contribution in [-0.4, -0.2) is 22.2 Å². The minimum Gasteiger partial charge on any atom is -0.478 e. The molecule has 0 saturated heterocycles. The largest absolute Gasteiger partial charge is 0.478 e. The highest BCUT2D eigenvalue weighted by atomic mass is 16.4. The third-order valence-electron chi connectivity index (χ3n) is 6.59. The van der Waals surface area contributed by atoms with Gasteiger partial charge in [0.1, 0.15) is 0 Å². The Bertz CT molecular complexity index is 787. The van der Waals surface area contributed by atoms with Gasteiger partial charge in [-0.15, -0.1) is 0 Å². The Labute approximate surface area is 219 Å². The van der Waals surface area contributed by atoms with Gasteiger partial charge < -0.3 is 10.2 Å². The quantitative estimate of drug-likeness (QED) is 0.202. The van der Waals surface area contributed by atoms with Crippen LogP contribution in [0.2, 0.25) is 0 Å². The van der Waals surface area contributed by atoms with Crippen molar-refractivity contribution >= 4 is 11.9 Å². The van der Waals surface area contributed by atoms with Crippen LogP contribution in [0, 0.1) is 0 Å². The van der Waals surface area contributed by atoms with Crippen molar-refractivity contribution in [1.29, 1.82) is 0 Å². The summed E-state index contributed by atoms with van der Waals surface area (Å²) >= 11 is 0. The molecular weight excluding hydrogens is 448 g/mol. The molecule has 0 bridgehead atoms. The van der Waals surface area contributed by atoms with Crippen LogP contribution >= 0.6 is 0 Å². The number of aromatic carboxylic acids is 2. The Morgan fingerprint density at radius 3 is 1.14 bits per heavy atom. The van der Waals surface area contributed by atoms with E-state index in [-0.39, 0.29) is 0 Å². The van der Waals surface area contributed by atoms with Crippen molar-refractivity contribution in [2.45, 2.75) is 117 Å². The Hall–Kier alpha value is -2.62. The van der Waals surface area contributed by atoms with Crippen LogP contribution in [0.25, 0.3) is 0 Å². The number of aryl methyl sites for hydroxylation is 2. The molecule has 4 nitrogen and oxygen atoms in total. The smallest absolute Gasteiger partial charge is 0.335 e. The zero-order valence-corrected chi connectivity index (χ0v) is 22.6. The molecular formula is C32H48O4. The lowest BCUT2D eigenvalue weighted by Crippen LogP contribution is -2.02. The summed E-state index contributed by atoms with van der Waals surface area (Å²) in [5, 5.41) is 18.1. The summed E-state index contributed by atoms with van der Waals surface area (Å²) in [5.74, 6) is -1.62. The SMILES string of the molecule is CCCCCCCCCc1ccccc1C(=O)O.CCCCCCCCCc1ccccc1C(=O)O. The van der Waals surface area contributed by atoms with Gasteiger partial charge in [0.15, 0.2) is 0 Å². The second-order valence-corrected chi connectivity index (χ2v) is 9.67. The molecule has 0 fully saturated rings. The van der Waals surface area contributed by atoms with Gasteiger partial charge in [0, 0.05) is 0 Å². The molecule has 0 heterocycles. The first kappa shape index (κ1) is 31.4. The maximum atomic E-state index is 11.0. The van der Waals surface area contributed by atoms with E-state index in [0.717, 1.165) is 36.8 Å². The molecule has 2 rings (SSSR count). The molecule has 0 aliphatic carbocycles. The van der Waals surface area contributed by atoms with Crippen molar-refractivity contribution < 1.29 is 19.8 Å². The average Bonchev–Trinajstić information content (AvgIpc) is 2.88. The van der Waals surface area contributed by atoms with E-state index in [1.165, 1.54) is 77.0 Å². The van der Waals surface area contributed by atoms with Gasteiger partial charge in [-0.2, -0.15) is 0 Å². The van der Waals surface area contributed by atoms with Crippen molar-refractivity contribution in [3.05, 3.63) is 70.8 Å². The maximum Gasteiger partial charge on any atom is 0.335 e. The summed E-state index contributed by atoms with van der Waals surface area (Å²) in [7, 11) is 0. The molecule has 0 atom stereocenters. The fraction of sp³-hybridized carbons (Fsp3) is 0.562. The van der Waals surface area contributed by atoms with Gasteiger partial charge in [-0.25, -0.2) is 9.59 Å². The van der Waals surface area contributed by atoms with Gasteiger partial charge in [0.2, 0.25) is 0 Å². The number of unbranched alkanes of at least 4 members (excludes halogenated alkanes) is 12. The van der Waals surface area contributed by atoms with Gasteiger partial charge in [-0.3, -0.25) is 0 Å². The molecule has 0 amide bonds. The van der Waals surface area contributed by atoms with E-state index >= 15 is 0 Å². The summed E-state index contributed by atoms with van der Waals surface area (Å²) < 4.78 is 0. The number of carboxylic acid groups (broad SMARTS) is 2. The second-order valence-electron chi connectivity index (χ2n) is 9.67. The van der Waals surface area contributed by atoms with Gasteiger partial charge >= 0.3 is 11.9 Å². The highest BCUT2D eigenvalue weighted by molar-refractivity contribution is 5.89. The van der Waals surface area contributed by atoms with E-state index in [2.05, 4.69) is 13.8 Å². The maximum absolute atomic E-state index is 11.0. The van der Waals surface area contributed by atoms with Crippen molar-refractivity contribution in [3.8, 4) is 0 Å². The van der Waals surface area contributed by atoms with E-state index < -0.39 is 11.9 Å². The standard InChI is InChI=1S/2C16H24O2/c2*1-2-3-4-5-6-7-8-11-14-12-9-10-13-15(14)16(17)18/h2*9-10,12-13H,2-8,11H2,1H3,(H,17,18). The highest BCUT2D eigenvalue weighted by Crippen LogP contribution is 2.15. The summed E-state index contributed by atoms with van der Waals surface area (Å²) in [6.07, 6.45) is 19.5. The van der Waals surface area contributed by atoms with Crippen LogP contribution in [0.5, 0.6) is 0 Å². The Balaban J connectivity index is 0.000000360. The number of hydrogen-bond donors (Lipinski definition) is 2. The Morgan fingerprint density at radius 2 is 0.806 bits per heavy atom. The van der Waals surface area contributed by atoms with E-state index in [1.807, 2.05) is 24.3 Å². The van der Waals surface area contributed by atoms with Crippen molar-refractivity contribution in [3.63, 3.8) is 0 Å². The molecule has 0 spiro atoms. The molecule has 0 aliphatic heterocycles. The fourth-order valence-electron chi connectivity index (χ4n) is 4.44. The molecule has 0 radical (unpaired) electrons. The van der Waals surface area contributed by atoms with Gasteiger partial charge in [0.05, 0.1) is 11.1 Å². The molecule has 0 aromatic heterocycles. The second kappa shape index (κ2) is 20.6. The topological polar surface area (TPSA) is 74.6 Å². The molecule has 2 N–H and O–H groups in total. The van der Waals surface area contributed by atoms with E-state index in [1.54, 1.807) is 24.3 Å². The zero-order chi connectivity index (χ0) is 26.4. The van der Waals surface area contributed by atoms with Crippen LogP contribution in [0.4, 0.5) is 0 Å². The Kier molecular flexibility index (Phi) is 17.9. The minimum absolute atomic E-state index is 0.462. The monoisotopic (exact) mass is 496 g/mol. The minimum atomic E-state index is -0.812. The van der Waals surface area contributed by atoms with Crippen LogP contribution in [0.15, 0.2) is 48.5 Å².